The normalized spacial score (nSPS) is 14.3. The van der Waals surface area contributed by atoms with Gasteiger partial charge in [0.15, 0.2) is 0 Å². The van der Waals surface area contributed by atoms with Gasteiger partial charge in [-0.25, -0.2) is 8.42 Å². The van der Waals surface area contributed by atoms with Gasteiger partial charge in [-0.3, -0.25) is 9.52 Å². The quantitative estimate of drug-likeness (QED) is 0.910. The first-order chi connectivity index (χ1) is 11.9. The Balaban J connectivity index is 1.89. The van der Waals surface area contributed by atoms with E-state index in [9.17, 15) is 13.2 Å². The first-order valence-electron chi connectivity index (χ1n) is 8.40. The molecule has 1 N–H and O–H groups in total. The number of amides is 1. The average molecular weight is 358 g/mol. The number of sulfonamides is 1. The van der Waals surface area contributed by atoms with Gasteiger partial charge < -0.3 is 4.90 Å². The second-order valence-corrected chi connectivity index (χ2v) is 8.70. The van der Waals surface area contributed by atoms with Crippen LogP contribution in [0.2, 0.25) is 0 Å². The van der Waals surface area contributed by atoms with Gasteiger partial charge >= 0.3 is 0 Å². The minimum absolute atomic E-state index is 0.0305. The lowest BCUT2D eigenvalue weighted by atomic mass is 10.00. The molecule has 0 radical (unpaired) electrons. The number of benzene rings is 2. The van der Waals surface area contributed by atoms with E-state index in [0.29, 0.717) is 17.8 Å². The van der Waals surface area contributed by atoms with Gasteiger partial charge in [0.2, 0.25) is 10.0 Å². The first kappa shape index (κ1) is 17.5. The molecule has 0 saturated carbocycles. The number of nitrogens with zero attached hydrogens (tertiary/aromatic N) is 1. The fourth-order valence-corrected chi connectivity index (χ4v) is 3.58. The minimum Gasteiger partial charge on any atom is -0.308 e. The molecule has 1 amide bonds. The molecule has 0 aromatic heterocycles. The maximum atomic E-state index is 12.8. The van der Waals surface area contributed by atoms with E-state index in [1.165, 1.54) is 0 Å². The van der Waals surface area contributed by atoms with Gasteiger partial charge in [0.1, 0.15) is 0 Å². The van der Waals surface area contributed by atoms with E-state index in [2.05, 4.69) is 4.72 Å². The third-order valence-electron chi connectivity index (χ3n) is 4.34. The van der Waals surface area contributed by atoms with Gasteiger partial charge in [0.05, 0.1) is 5.25 Å². The number of carbonyl (C=O) groups excluding carboxylic acids is 1. The van der Waals surface area contributed by atoms with Crippen LogP contribution in [0.1, 0.15) is 36.2 Å². The highest BCUT2D eigenvalue weighted by Crippen LogP contribution is 2.31. The molecule has 3 rings (SSSR count). The summed E-state index contributed by atoms with van der Waals surface area (Å²) in [7, 11) is -3.38. The summed E-state index contributed by atoms with van der Waals surface area (Å²) in [6.07, 6.45) is 1.68. The molecule has 0 atom stereocenters. The van der Waals surface area contributed by atoms with Gasteiger partial charge in [-0.05, 0) is 62.6 Å². The minimum atomic E-state index is -3.38. The van der Waals surface area contributed by atoms with Crippen LogP contribution < -0.4 is 9.62 Å². The lowest BCUT2D eigenvalue weighted by Crippen LogP contribution is -2.35. The van der Waals surface area contributed by atoms with Crippen molar-refractivity contribution in [3.8, 4) is 0 Å². The SMILES string of the molecule is CC(C)S(=O)(=O)Nc1ccc2c(c1)CCCN2C(=O)c1ccccc1. The number of nitrogens with one attached hydrogen (secondary N) is 1. The summed E-state index contributed by atoms with van der Waals surface area (Å²) >= 11 is 0. The van der Waals surface area contributed by atoms with Crippen LogP contribution in [0.5, 0.6) is 0 Å². The summed E-state index contributed by atoms with van der Waals surface area (Å²) in [4.78, 5) is 14.6. The molecule has 1 aliphatic heterocycles. The third kappa shape index (κ3) is 3.69. The number of hydrogen-bond acceptors (Lipinski definition) is 3. The zero-order chi connectivity index (χ0) is 18.0. The Kier molecular flexibility index (Phi) is 4.81. The smallest absolute Gasteiger partial charge is 0.258 e. The van der Waals surface area contributed by atoms with E-state index in [0.717, 1.165) is 24.1 Å². The van der Waals surface area contributed by atoms with E-state index in [4.69, 9.17) is 0 Å². The van der Waals surface area contributed by atoms with E-state index in [1.54, 1.807) is 24.8 Å². The van der Waals surface area contributed by atoms with Crippen LogP contribution in [0.3, 0.4) is 0 Å². The van der Waals surface area contributed by atoms with Gasteiger partial charge in [-0.2, -0.15) is 0 Å². The second-order valence-electron chi connectivity index (χ2n) is 6.47. The average Bonchev–Trinajstić information content (AvgIpc) is 2.60. The summed E-state index contributed by atoms with van der Waals surface area (Å²) in [6.45, 7) is 3.94. The molecule has 25 heavy (non-hydrogen) atoms. The Morgan fingerprint density at radius 2 is 1.84 bits per heavy atom. The molecule has 1 aliphatic rings. The van der Waals surface area contributed by atoms with Crippen molar-refractivity contribution in [2.75, 3.05) is 16.2 Å². The zero-order valence-electron chi connectivity index (χ0n) is 14.4. The van der Waals surface area contributed by atoms with Crippen LogP contribution in [0.15, 0.2) is 48.5 Å². The molecule has 0 spiro atoms. The molecule has 0 aliphatic carbocycles. The van der Waals surface area contributed by atoms with E-state index < -0.39 is 15.3 Å². The first-order valence-corrected chi connectivity index (χ1v) is 9.94. The Labute approximate surface area is 148 Å². The fraction of sp³-hybridized carbons (Fsp3) is 0.316. The van der Waals surface area contributed by atoms with Crippen molar-refractivity contribution in [3.63, 3.8) is 0 Å². The summed E-state index contributed by atoms with van der Waals surface area (Å²) in [5, 5.41) is -0.500. The highest BCUT2D eigenvalue weighted by Gasteiger charge is 2.24. The van der Waals surface area contributed by atoms with Gasteiger partial charge in [-0.15, -0.1) is 0 Å². The number of anilines is 2. The largest absolute Gasteiger partial charge is 0.308 e. The van der Waals surface area contributed by atoms with E-state index >= 15 is 0 Å². The molecule has 6 heteroatoms. The lowest BCUT2D eigenvalue weighted by molar-refractivity contribution is 0.0985. The highest BCUT2D eigenvalue weighted by atomic mass is 32.2. The Morgan fingerprint density at radius 3 is 2.52 bits per heavy atom. The van der Waals surface area contributed by atoms with E-state index in [1.807, 2.05) is 42.5 Å². The summed E-state index contributed by atoms with van der Waals surface area (Å²) < 4.78 is 26.7. The molecule has 132 valence electrons. The Morgan fingerprint density at radius 1 is 1.12 bits per heavy atom. The molecule has 0 unspecified atom stereocenters. The van der Waals surface area contributed by atoms with Crippen LogP contribution >= 0.6 is 0 Å². The molecule has 2 aromatic carbocycles. The van der Waals surface area contributed by atoms with Crippen molar-refractivity contribution in [3.05, 3.63) is 59.7 Å². The van der Waals surface area contributed by atoms with Gasteiger partial charge in [0, 0.05) is 23.5 Å². The highest BCUT2D eigenvalue weighted by molar-refractivity contribution is 7.93. The van der Waals surface area contributed by atoms with Crippen molar-refractivity contribution in [1.29, 1.82) is 0 Å². The van der Waals surface area contributed by atoms with E-state index in [-0.39, 0.29) is 5.91 Å². The Bertz CT molecular complexity index is 877. The molecule has 5 nitrogen and oxygen atoms in total. The number of aryl methyl sites for hydroxylation is 1. The molecule has 0 bridgehead atoms. The summed E-state index contributed by atoms with van der Waals surface area (Å²) in [5.41, 5.74) is 3.04. The summed E-state index contributed by atoms with van der Waals surface area (Å²) in [5.74, 6) is -0.0305. The predicted molar refractivity (Wildman–Crippen MR) is 101 cm³/mol. The topological polar surface area (TPSA) is 66.5 Å². The van der Waals surface area contributed by atoms with Gasteiger partial charge in [-0.1, -0.05) is 18.2 Å². The zero-order valence-corrected chi connectivity index (χ0v) is 15.2. The molecule has 2 aromatic rings. The summed E-state index contributed by atoms with van der Waals surface area (Å²) in [6, 6.07) is 14.6. The molecule has 1 heterocycles. The van der Waals surface area contributed by atoms with Crippen molar-refractivity contribution < 1.29 is 13.2 Å². The van der Waals surface area contributed by atoms with Crippen molar-refractivity contribution in [1.82, 2.24) is 0 Å². The monoisotopic (exact) mass is 358 g/mol. The van der Waals surface area contributed by atoms with Crippen molar-refractivity contribution >= 4 is 27.3 Å². The van der Waals surface area contributed by atoms with Crippen molar-refractivity contribution in [2.24, 2.45) is 0 Å². The van der Waals surface area contributed by atoms with Gasteiger partial charge in [0.25, 0.3) is 5.91 Å². The lowest BCUT2D eigenvalue weighted by Gasteiger charge is -2.30. The maximum absolute atomic E-state index is 12.8. The standard InChI is InChI=1S/C19H22N2O3S/c1-14(2)25(23,24)20-17-10-11-18-16(13-17)9-6-12-21(18)19(22)15-7-4-3-5-8-15/h3-5,7-8,10-11,13-14,20H,6,9,12H2,1-2H3. The predicted octanol–water partition coefficient (Wildman–Crippen LogP) is 3.43. The van der Waals surface area contributed by atoms with Crippen LogP contribution in [0, 0.1) is 0 Å². The van der Waals surface area contributed by atoms with Crippen LogP contribution in [-0.4, -0.2) is 26.1 Å². The molecular formula is C19H22N2O3S. The van der Waals surface area contributed by atoms with Crippen LogP contribution in [-0.2, 0) is 16.4 Å². The number of fused-ring (bicyclic) bond motifs is 1. The number of carbonyl (C=O) groups is 1. The van der Waals surface area contributed by atoms with Crippen LogP contribution in [0.4, 0.5) is 11.4 Å². The second kappa shape index (κ2) is 6.88. The Hall–Kier alpha value is -2.34. The molecule has 0 fully saturated rings. The fourth-order valence-electron chi connectivity index (χ4n) is 2.89. The van der Waals surface area contributed by atoms with Crippen LogP contribution in [0.25, 0.3) is 0 Å². The molecular weight excluding hydrogens is 336 g/mol. The third-order valence-corrected chi connectivity index (χ3v) is 6.11. The maximum Gasteiger partial charge on any atom is 0.258 e. The number of rotatable bonds is 4. The number of hydrogen-bond donors (Lipinski definition) is 1. The molecule has 0 saturated heterocycles. The van der Waals surface area contributed by atoms with Crippen molar-refractivity contribution in [2.45, 2.75) is 31.9 Å².